The van der Waals surface area contributed by atoms with Crippen molar-refractivity contribution < 1.29 is 9.18 Å². The first-order valence-electron chi connectivity index (χ1n) is 7.98. The van der Waals surface area contributed by atoms with Crippen LogP contribution >= 0.6 is 0 Å². The van der Waals surface area contributed by atoms with Crippen LogP contribution in [0.15, 0.2) is 53.5 Å². The van der Waals surface area contributed by atoms with Crippen LogP contribution in [0, 0.1) is 12.7 Å². The van der Waals surface area contributed by atoms with E-state index in [0.29, 0.717) is 17.9 Å². The maximum absolute atomic E-state index is 13.2. The molecular formula is C19H17FN4O2. The Kier molecular flexibility index (Phi) is 4.88. The third kappa shape index (κ3) is 4.00. The second-order valence-corrected chi connectivity index (χ2v) is 5.94. The van der Waals surface area contributed by atoms with Gasteiger partial charge in [-0.15, -0.1) is 0 Å². The van der Waals surface area contributed by atoms with Gasteiger partial charge in [0.2, 0.25) is 0 Å². The third-order valence-electron chi connectivity index (χ3n) is 3.79. The number of pyridine rings is 1. The molecule has 2 heterocycles. The Morgan fingerprint density at radius 3 is 2.69 bits per heavy atom. The lowest BCUT2D eigenvalue weighted by Gasteiger charge is -2.07. The van der Waals surface area contributed by atoms with Gasteiger partial charge in [-0.1, -0.05) is 18.2 Å². The number of rotatable bonds is 4. The van der Waals surface area contributed by atoms with Crippen molar-refractivity contribution in [2.24, 2.45) is 7.05 Å². The normalized spacial score (nSPS) is 10.6. The minimum absolute atomic E-state index is 0.00522. The van der Waals surface area contributed by atoms with Crippen molar-refractivity contribution >= 4 is 11.7 Å². The van der Waals surface area contributed by atoms with Gasteiger partial charge in [0.1, 0.15) is 17.2 Å². The lowest BCUT2D eigenvalue weighted by molar-refractivity contribution is 0.102. The summed E-state index contributed by atoms with van der Waals surface area (Å²) in [6.45, 7) is 1.70. The Hall–Kier alpha value is -3.35. The van der Waals surface area contributed by atoms with Crippen LogP contribution < -0.4 is 10.9 Å². The molecule has 6 nitrogen and oxygen atoms in total. The summed E-state index contributed by atoms with van der Waals surface area (Å²) in [7, 11) is 1.49. The second-order valence-electron chi connectivity index (χ2n) is 5.94. The van der Waals surface area contributed by atoms with Gasteiger partial charge in [0.15, 0.2) is 0 Å². The molecule has 0 aliphatic heterocycles. The van der Waals surface area contributed by atoms with Crippen LogP contribution in [0.3, 0.4) is 0 Å². The first-order chi connectivity index (χ1) is 12.4. The summed E-state index contributed by atoms with van der Waals surface area (Å²) in [6, 6.07) is 11.2. The number of aryl methyl sites for hydroxylation is 2. The molecule has 0 saturated heterocycles. The number of amides is 1. The minimum atomic E-state index is -0.540. The van der Waals surface area contributed by atoms with E-state index in [1.54, 1.807) is 31.3 Å². The molecule has 1 amide bonds. The van der Waals surface area contributed by atoms with Gasteiger partial charge in [0.25, 0.3) is 11.5 Å². The van der Waals surface area contributed by atoms with E-state index in [2.05, 4.69) is 15.4 Å². The number of carbonyl (C=O) groups is 1. The Morgan fingerprint density at radius 1 is 1.19 bits per heavy atom. The molecular weight excluding hydrogens is 335 g/mol. The summed E-state index contributed by atoms with van der Waals surface area (Å²) in [6.07, 6.45) is 2.14. The number of hydrogen-bond acceptors (Lipinski definition) is 4. The predicted octanol–water partition coefficient (Wildman–Crippen LogP) is 2.47. The Balaban J connectivity index is 1.73. The largest absolute Gasteiger partial charge is 0.306 e. The summed E-state index contributed by atoms with van der Waals surface area (Å²) in [5.74, 6) is -0.496. The van der Waals surface area contributed by atoms with E-state index in [-0.39, 0.29) is 11.4 Å². The maximum Gasteiger partial charge on any atom is 0.279 e. The standard InChI is InChI=1S/C19H17FN4O2/c1-12-8-16(19(26)24(2)23-12)18(25)22-17-7-6-14(11-21-17)9-13-4-3-5-15(20)10-13/h3-8,10-11H,9H2,1-2H3,(H,21,22,25). The highest BCUT2D eigenvalue weighted by Gasteiger charge is 2.14. The van der Waals surface area contributed by atoms with Crippen molar-refractivity contribution in [3.8, 4) is 0 Å². The van der Waals surface area contributed by atoms with Gasteiger partial charge in [0, 0.05) is 13.2 Å². The van der Waals surface area contributed by atoms with Crippen LogP contribution in [0.2, 0.25) is 0 Å². The molecule has 1 aromatic carbocycles. The van der Waals surface area contributed by atoms with E-state index in [9.17, 15) is 14.0 Å². The molecule has 0 fully saturated rings. The Labute approximate surface area is 149 Å². The molecule has 132 valence electrons. The summed E-state index contributed by atoms with van der Waals surface area (Å²) in [4.78, 5) is 28.5. The molecule has 0 saturated carbocycles. The number of benzene rings is 1. The van der Waals surface area contributed by atoms with Crippen LogP contribution in [0.4, 0.5) is 10.2 Å². The molecule has 2 aromatic heterocycles. The fraction of sp³-hybridized carbons (Fsp3) is 0.158. The molecule has 7 heteroatoms. The van der Waals surface area contributed by atoms with Crippen molar-refractivity contribution in [1.29, 1.82) is 0 Å². The highest BCUT2D eigenvalue weighted by atomic mass is 19.1. The molecule has 0 spiro atoms. The van der Waals surface area contributed by atoms with Crippen molar-refractivity contribution in [1.82, 2.24) is 14.8 Å². The van der Waals surface area contributed by atoms with Crippen LogP contribution in [-0.4, -0.2) is 20.7 Å². The van der Waals surface area contributed by atoms with Crippen molar-refractivity contribution in [3.63, 3.8) is 0 Å². The van der Waals surface area contributed by atoms with Gasteiger partial charge < -0.3 is 5.32 Å². The molecule has 0 aliphatic carbocycles. The number of nitrogens with zero attached hydrogens (tertiary/aromatic N) is 3. The smallest absolute Gasteiger partial charge is 0.279 e. The van der Waals surface area contributed by atoms with Crippen LogP contribution in [0.1, 0.15) is 27.2 Å². The molecule has 0 radical (unpaired) electrons. The van der Waals surface area contributed by atoms with E-state index in [1.165, 1.54) is 25.2 Å². The van der Waals surface area contributed by atoms with E-state index in [1.807, 2.05) is 6.07 Å². The van der Waals surface area contributed by atoms with Crippen molar-refractivity contribution in [2.45, 2.75) is 13.3 Å². The number of carbonyl (C=O) groups excluding carboxylic acids is 1. The summed E-state index contributed by atoms with van der Waals surface area (Å²) in [5, 5.41) is 6.57. The van der Waals surface area contributed by atoms with E-state index < -0.39 is 11.5 Å². The van der Waals surface area contributed by atoms with Crippen LogP contribution in [-0.2, 0) is 13.5 Å². The van der Waals surface area contributed by atoms with E-state index in [4.69, 9.17) is 0 Å². The van der Waals surface area contributed by atoms with Gasteiger partial charge in [-0.2, -0.15) is 5.10 Å². The molecule has 26 heavy (non-hydrogen) atoms. The van der Waals surface area contributed by atoms with Gasteiger partial charge >= 0.3 is 0 Å². The number of hydrogen-bond donors (Lipinski definition) is 1. The van der Waals surface area contributed by atoms with Gasteiger partial charge in [0.05, 0.1) is 5.69 Å². The minimum Gasteiger partial charge on any atom is -0.306 e. The first kappa shape index (κ1) is 17.5. The average molecular weight is 352 g/mol. The lowest BCUT2D eigenvalue weighted by Crippen LogP contribution is -2.29. The molecule has 3 rings (SSSR count). The van der Waals surface area contributed by atoms with E-state index >= 15 is 0 Å². The summed E-state index contributed by atoms with van der Waals surface area (Å²) in [5.41, 5.74) is 1.81. The van der Waals surface area contributed by atoms with Crippen LogP contribution in [0.5, 0.6) is 0 Å². The maximum atomic E-state index is 13.2. The first-order valence-corrected chi connectivity index (χ1v) is 7.98. The second kappa shape index (κ2) is 7.26. The number of nitrogens with one attached hydrogen (secondary N) is 1. The van der Waals surface area contributed by atoms with E-state index in [0.717, 1.165) is 15.8 Å². The number of aromatic nitrogens is 3. The molecule has 1 N–H and O–H groups in total. The average Bonchev–Trinajstić information content (AvgIpc) is 2.60. The highest BCUT2D eigenvalue weighted by molar-refractivity contribution is 6.03. The lowest BCUT2D eigenvalue weighted by atomic mass is 10.1. The molecule has 0 unspecified atom stereocenters. The highest BCUT2D eigenvalue weighted by Crippen LogP contribution is 2.12. The number of halogens is 1. The zero-order valence-electron chi connectivity index (χ0n) is 14.4. The summed E-state index contributed by atoms with van der Waals surface area (Å²) < 4.78 is 14.4. The third-order valence-corrected chi connectivity index (χ3v) is 3.79. The summed E-state index contributed by atoms with van der Waals surface area (Å²) >= 11 is 0. The molecule has 0 bridgehead atoms. The molecule has 0 atom stereocenters. The van der Waals surface area contributed by atoms with Crippen LogP contribution in [0.25, 0.3) is 0 Å². The van der Waals surface area contributed by atoms with Crippen molar-refractivity contribution in [3.05, 3.63) is 87.2 Å². The Morgan fingerprint density at radius 2 is 2.00 bits per heavy atom. The van der Waals surface area contributed by atoms with Gasteiger partial charge in [-0.3, -0.25) is 9.59 Å². The topological polar surface area (TPSA) is 76.9 Å². The predicted molar refractivity (Wildman–Crippen MR) is 95.6 cm³/mol. The zero-order valence-corrected chi connectivity index (χ0v) is 14.4. The number of anilines is 1. The zero-order chi connectivity index (χ0) is 18.7. The fourth-order valence-corrected chi connectivity index (χ4v) is 2.59. The fourth-order valence-electron chi connectivity index (χ4n) is 2.59. The van der Waals surface area contributed by atoms with Gasteiger partial charge in [-0.25, -0.2) is 14.1 Å². The van der Waals surface area contributed by atoms with Crippen molar-refractivity contribution in [2.75, 3.05) is 5.32 Å². The SMILES string of the molecule is Cc1cc(C(=O)Nc2ccc(Cc3cccc(F)c3)cn2)c(=O)n(C)n1. The monoisotopic (exact) mass is 352 g/mol. The Bertz CT molecular complexity index is 1010. The van der Waals surface area contributed by atoms with Gasteiger partial charge in [-0.05, 0) is 48.7 Å². The molecule has 0 aliphatic rings. The molecule has 3 aromatic rings. The quantitative estimate of drug-likeness (QED) is 0.782.